The summed E-state index contributed by atoms with van der Waals surface area (Å²) >= 11 is 0. The molecule has 0 spiro atoms. The first-order valence-corrected chi connectivity index (χ1v) is 14.3. The third kappa shape index (κ3) is 5.75. The van der Waals surface area contributed by atoms with Crippen LogP contribution in [0.2, 0.25) is 0 Å². The number of carbonyl (C=O) groups is 1. The first-order valence-electron chi connectivity index (χ1n) is 14.3. The monoisotopic (exact) mass is 556 g/mol. The molecule has 2 aromatic heterocycles. The minimum atomic E-state index is -0.537. The second kappa shape index (κ2) is 11.5. The normalized spacial score (nSPS) is 20.3. The van der Waals surface area contributed by atoms with Crippen LogP contribution in [-0.4, -0.2) is 69.6 Å². The summed E-state index contributed by atoms with van der Waals surface area (Å²) in [6, 6.07) is 12.6. The zero-order valence-electron chi connectivity index (χ0n) is 23.6. The van der Waals surface area contributed by atoms with Gasteiger partial charge >= 0.3 is 6.03 Å². The fourth-order valence-electron chi connectivity index (χ4n) is 6.20. The van der Waals surface area contributed by atoms with E-state index in [4.69, 9.17) is 5.73 Å². The van der Waals surface area contributed by atoms with Crippen molar-refractivity contribution in [1.82, 2.24) is 24.3 Å². The summed E-state index contributed by atoms with van der Waals surface area (Å²) < 4.78 is 17.5. The zero-order valence-corrected chi connectivity index (χ0v) is 23.6. The molecule has 1 aliphatic heterocycles. The Labute approximate surface area is 239 Å². The van der Waals surface area contributed by atoms with Crippen molar-refractivity contribution in [3.8, 4) is 11.1 Å². The van der Waals surface area contributed by atoms with Gasteiger partial charge in [-0.1, -0.05) is 23.8 Å². The maximum absolute atomic E-state index is 15.3. The second-order valence-corrected chi connectivity index (χ2v) is 11.3. The number of halogens is 1. The Morgan fingerprint density at radius 1 is 0.951 bits per heavy atom. The molecule has 2 aromatic carbocycles. The van der Waals surface area contributed by atoms with E-state index in [9.17, 15) is 4.79 Å². The second-order valence-electron chi connectivity index (χ2n) is 11.3. The van der Waals surface area contributed by atoms with Crippen LogP contribution in [0, 0.1) is 12.7 Å². The molecule has 4 aromatic rings. The van der Waals surface area contributed by atoms with Gasteiger partial charge in [0.05, 0.1) is 11.1 Å². The molecule has 1 saturated heterocycles. The van der Waals surface area contributed by atoms with Crippen LogP contribution in [0.1, 0.15) is 37.3 Å². The third-order valence-corrected chi connectivity index (χ3v) is 8.59. The van der Waals surface area contributed by atoms with Gasteiger partial charge in [0.25, 0.3) is 0 Å². The summed E-state index contributed by atoms with van der Waals surface area (Å²) in [5.41, 5.74) is 10.4. The Morgan fingerprint density at radius 3 is 2.37 bits per heavy atom. The van der Waals surface area contributed by atoms with Gasteiger partial charge in [-0.05, 0) is 69.5 Å². The number of piperazine rings is 1. The number of urea groups is 1. The van der Waals surface area contributed by atoms with Crippen LogP contribution >= 0.6 is 0 Å². The zero-order chi connectivity index (χ0) is 28.5. The molecule has 0 bridgehead atoms. The van der Waals surface area contributed by atoms with Crippen LogP contribution < -0.4 is 16.4 Å². The molecule has 9 nitrogen and oxygen atoms in total. The number of hydrogen-bond donors (Lipinski definition) is 3. The summed E-state index contributed by atoms with van der Waals surface area (Å²) in [6.45, 7) is 6.50. The Bertz CT molecular complexity index is 1540. The van der Waals surface area contributed by atoms with E-state index >= 15 is 4.39 Å². The van der Waals surface area contributed by atoms with Gasteiger partial charge in [-0.15, -0.1) is 0 Å². The number of nitrogen functional groups attached to an aromatic ring is 1. The van der Waals surface area contributed by atoms with Crippen LogP contribution in [0.5, 0.6) is 0 Å². The molecule has 41 heavy (non-hydrogen) atoms. The molecule has 4 N–H and O–H groups in total. The summed E-state index contributed by atoms with van der Waals surface area (Å²) in [4.78, 5) is 26.4. The largest absolute Gasteiger partial charge is 0.383 e. The molecule has 0 radical (unpaired) electrons. The van der Waals surface area contributed by atoms with Crippen LogP contribution in [-0.2, 0) is 0 Å². The molecule has 2 amide bonds. The number of fused-ring (bicyclic) bond motifs is 1. The van der Waals surface area contributed by atoms with E-state index < -0.39 is 11.8 Å². The van der Waals surface area contributed by atoms with Crippen LogP contribution in [0.4, 0.5) is 26.4 Å². The molecule has 10 heteroatoms. The van der Waals surface area contributed by atoms with Crippen molar-refractivity contribution in [3.05, 3.63) is 66.4 Å². The van der Waals surface area contributed by atoms with Crippen LogP contribution in [0.3, 0.4) is 0 Å². The fourth-order valence-corrected chi connectivity index (χ4v) is 6.20. The summed E-state index contributed by atoms with van der Waals surface area (Å²) in [7, 11) is 2.19. The quantitative estimate of drug-likeness (QED) is 0.300. The predicted octanol–water partition coefficient (Wildman–Crippen LogP) is 5.50. The van der Waals surface area contributed by atoms with Crippen molar-refractivity contribution in [2.75, 3.05) is 49.6 Å². The van der Waals surface area contributed by atoms with Gasteiger partial charge in [-0.2, -0.15) is 0 Å². The van der Waals surface area contributed by atoms with Crippen LogP contribution in [0.25, 0.3) is 22.2 Å². The maximum atomic E-state index is 15.3. The molecule has 0 unspecified atom stereocenters. The lowest BCUT2D eigenvalue weighted by Crippen LogP contribution is -2.49. The summed E-state index contributed by atoms with van der Waals surface area (Å²) in [5.74, 6) is -0.166. The van der Waals surface area contributed by atoms with Crippen molar-refractivity contribution >= 4 is 34.3 Å². The van der Waals surface area contributed by atoms with Crippen molar-refractivity contribution in [1.29, 1.82) is 0 Å². The Kier molecular flexibility index (Phi) is 7.59. The number of anilines is 3. The van der Waals surface area contributed by atoms with Gasteiger partial charge in [-0.25, -0.2) is 19.2 Å². The molecule has 2 fully saturated rings. The lowest BCUT2D eigenvalue weighted by molar-refractivity contribution is 0.0828. The van der Waals surface area contributed by atoms with E-state index in [-0.39, 0.29) is 5.69 Å². The molecular weight excluding hydrogens is 519 g/mol. The van der Waals surface area contributed by atoms with Gasteiger partial charge < -0.3 is 25.8 Å². The molecule has 6 rings (SSSR count). The number of nitrogens with two attached hydrogens (primary N) is 1. The Morgan fingerprint density at radius 2 is 1.66 bits per heavy atom. The van der Waals surface area contributed by atoms with E-state index in [1.54, 1.807) is 24.3 Å². The van der Waals surface area contributed by atoms with Crippen LogP contribution in [0.15, 0.2) is 55.0 Å². The van der Waals surface area contributed by atoms with Gasteiger partial charge in [0.2, 0.25) is 0 Å². The highest BCUT2D eigenvalue weighted by molar-refractivity contribution is 6.02. The smallest absolute Gasteiger partial charge is 0.323 e. The highest BCUT2D eigenvalue weighted by Gasteiger charge is 2.30. The number of aromatic nitrogens is 3. The average molecular weight is 557 g/mol. The molecule has 1 aliphatic carbocycles. The number of carbonyl (C=O) groups excluding carboxylic acids is 1. The standard InChI is InChI=1S/C31H37FN8O/c1-20-3-6-22(7-4-20)36-31(41)37-27-12-5-21(17-26(27)32)25-18-40(30-28(25)29(33)34-19-35-30)24-10-8-23(9-11-24)39-15-13-38(2)14-16-39/h3-7,12,17-19,23-24H,8-11,13-16H2,1-2H3,(H2,33,34,35)(H2,36,37,41). The Balaban J connectivity index is 1.21. The fraction of sp³-hybridized carbons (Fsp3) is 0.387. The third-order valence-electron chi connectivity index (χ3n) is 8.59. The van der Waals surface area contributed by atoms with E-state index in [0.29, 0.717) is 29.2 Å². The lowest BCUT2D eigenvalue weighted by Gasteiger charge is -2.41. The number of aryl methyl sites for hydroxylation is 1. The molecule has 2 aliphatic rings. The number of hydrogen-bond acceptors (Lipinski definition) is 6. The molecule has 0 atom stereocenters. The van der Waals surface area contributed by atoms with Crippen molar-refractivity contribution in [2.24, 2.45) is 0 Å². The van der Waals surface area contributed by atoms with E-state index in [2.05, 4.69) is 42.0 Å². The van der Waals surface area contributed by atoms with Crippen molar-refractivity contribution in [2.45, 2.75) is 44.7 Å². The van der Waals surface area contributed by atoms with Crippen molar-refractivity contribution in [3.63, 3.8) is 0 Å². The summed E-state index contributed by atoms with van der Waals surface area (Å²) in [6.07, 6.45) is 7.93. The number of nitrogens with one attached hydrogen (secondary N) is 2. The lowest BCUT2D eigenvalue weighted by atomic mass is 9.89. The molecule has 214 valence electrons. The number of amides is 2. The molecule has 3 heterocycles. The minimum absolute atomic E-state index is 0.0913. The van der Waals surface area contributed by atoms with Gasteiger partial charge in [-0.3, -0.25) is 4.90 Å². The highest BCUT2D eigenvalue weighted by atomic mass is 19.1. The minimum Gasteiger partial charge on any atom is -0.383 e. The predicted molar refractivity (Wildman–Crippen MR) is 162 cm³/mol. The maximum Gasteiger partial charge on any atom is 0.323 e. The number of nitrogens with zero attached hydrogens (tertiary/aromatic N) is 5. The molecular formula is C31H37FN8O. The number of rotatable bonds is 5. The first-order chi connectivity index (χ1) is 19.9. The SMILES string of the molecule is Cc1ccc(NC(=O)Nc2ccc(-c3cn(C4CCC(N5CCN(C)CC5)CC4)c4ncnc(N)c34)cc2F)cc1. The number of likely N-dealkylation sites (N-methyl/N-ethyl adjacent to an activating group) is 1. The average Bonchev–Trinajstić information content (AvgIpc) is 3.37. The van der Waals surface area contributed by atoms with E-state index in [0.717, 1.165) is 74.0 Å². The van der Waals surface area contributed by atoms with E-state index in [1.165, 1.54) is 12.4 Å². The number of benzene rings is 2. The van der Waals surface area contributed by atoms with Crippen molar-refractivity contribution < 1.29 is 9.18 Å². The van der Waals surface area contributed by atoms with Gasteiger partial charge in [0.1, 0.15) is 23.6 Å². The first kappa shape index (κ1) is 27.2. The van der Waals surface area contributed by atoms with Gasteiger partial charge in [0, 0.05) is 55.7 Å². The van der Waals surface area contributed by atoms with Gasteiger partial charge in [0.15, 0.2) is 0 Å². The highest BCUT2D eigenvalue weighted by Crippen LogP contribution is 2.39. The topological polar surface area (TPSA) is 104 Å². The Hall–Kier alpha value is -4.02. The summed E-state index contributed by atoms with van der Waals surface area (Å²) in [5, 5.41) is 6.06. The molecule has 1 saturated carbocycles. The van der Waals surface area contributed by atoms with E-state index in [1.807, 2.05) is 25.3 Å².